The van der Waals surface area contributed by atoms with Crippen molar-refractivity contribution < 1.29 is 19.4 Å². The highest BCUT2D eigenvalue weighted by atomic mass is 79.9. The molecular weight excluding hydrogens is 544 g/mol. The van der Waals surface area contributed by atoms with Crippen molar-refractivity contribution in [2.45, 2.75) is 19.4 Å². The molecule has 5 rings (SSSR count). The van der Waals surface area contributed by atoms with Crippen LogP contribution in [0.5, 0.6) is 11.6 Å². The maximum atomic E-state index is 10.7. The molecule has 0 atom stereocenters. The number of fused-ring (bicyclic) bond motifs is 1. The zero-order valence-electron chi connectivity index (χ0n) is 20.5. The number of hydrogen-bond donors (Lipinski definition) is 1. The van der Waals surface area contributed by atoms with Gasteiger partial charge in [-0.3, -0.25) is 4.79 Å². The van der Waals surface area contributed by atoms with Crippen LogP contribution in [-0.4, -0.2) is 27.7 Å². The zero-order valence-corrected chi connectivity index (χ0v) is 22.1. The molecule has 1 aromatic heterocycles. The van der Waals surface area contributed by atoms with Crippen LogP contribution in [0.1, 0.15) is 18.4 Å². The van der Waals surface area contributed by atoms with E-state index in [1.165, 1.54) is 0 Å². The average Bonchev–Trinajstić information content (AvgIpc) is 2.95. The molecule has 0 saturated heterocycles. The van der Waals surface area contributed by atoms with Gasteiger partial charge in [-0.1, -0.05) is 76.6 Å². The van der Waals surface area contributed by atoms with E-state index in [0.29, 0.717) is 37.1 Å². The fourth-order valence-electron chi connectivity index (χ4n) is 3.99. The van der Waals surface area contributed by atoms with Crippen LogP contribution in [0.25, 0.3) is 33.4 Å². The van der Waals surface area contributed by atoms with Gasteiger partial charge in [0.1, 0.15) is 12.4 Å². The molecule has 7 heteroatoms. The Morgan fingerprint density at radius 2 is 1.55 bits per heavy atom. The summed E-state index contributed by atoms with van der Waals surface area (Å²) in [5.74, 6) is 0.969. The van der Waals surface area contributed by atoms with Gasteiger partial charge in [-0.2, -0.15) is 4.98 Å². The van der Waals surface area contributed by atoms with Crippen LogP contribution in [0, 0.1) is 0 Å². The van der Waals surface area contributed by atoms with Crippen molar-refractivity contribution >= 4 is 32.7 Å². The fraction of sp³-hybridized carbons (Fsp3) is 0.129. The van der Waals surface area contributed by atoms with Gasteiger partial charge in [0.25, 0.3) is 0 Å². The quantitative estimate of drug-likeness (QED) is 0.175. The SMILES string of the molecule is O=C(O)CCCOc1ccc2cc(-c3nc(OCc4ccc(Br)cc4)cc(-c4ccccc4)n3)ccc2c1. The highest BCUT2D eigenvalue weighted by Crippen LogP contribution is 2.29. The second-order valence-corrected chi connectivity index (χ2v) is 9.68. The normalized spacial score (nSPS) is 10.9. The summed E-state index contributed by atoms with van der Waals surface area (Å²) in [4.78, 5) is 20.3. The molecule has 0 amide bonds. The molecule has 0 bridgehead atoms. The molecule has 0 spiro atoms. The van der Waals surface area contributed by atoms with Crippen LogP contribution < -0.4 is 9.47 Å². The number of benzene rings is 4. The number of carboxylic acid groups (broad SMARTS) is 1. The molecule has 0 saturated carbocycles. The molecule has 0 radical (unpaired) electrons. The second-order valence-electron chi connectivity index (χ2n) is 8.77. The number of ether oxygens (including phenoxy) is 2. The molecule has 0 unspecified atom stereocenters. The van der Waals surface area contributed by atoms with E-state index in [-0.39, 0.29) is 6.42 Å². The van der Waals surface area contributed by atoms with E-state index in [4.69, 9.17) is 24.5 Å². The number of aromatic nitrogens is 2. The number of aliphatic carboxylic acids is 1. The Hall–Kier alpha value is -4.23. The summed E-state index contributed by atoms with van der Waals surface area (Å²) in [6.45, 7) is 0.754. The van der Waals surface area contributed by atoms with Gasteiger partial charge in [0.15, 0.2) is 5.82 Å². The van der Waals surface area contributed by atoms with Gasteiger partial charge < -0.3 is 14.6 Å². The monoisotopic (exact) mass is 568 g/mol. The minimum atomic E-state index is -0.819. The number of rotatable bonds is 10. The van der Waals surface area contributed by atoms with Crippen molar-refractivity contribution in [1.82, 2.24) is 9.97 Å². The first kappa shape index (κ1) is 25.4. The first-order valence-electron chi connectivity index (χ1n) is 12.2. The van der Waals surface area contributed by atoms with Gasteiger partial charge in [0.2, 0.25) is 5.88 Å². The van der Waals surface area contributed by atoms with Gasteiger partial charge >= 0.3 is 5.97 Å². The van der Waals surface area contributed by atoms with Crippen LogP contribution in [0.4, 0.5) is 0 Å². The maximum Gasteiger partial charge on any atom is 0.303 e. The van der Waals surface area contributed by atoms with Crippen LogP contribution in [0.15, 0.2) is 102 Å². The van der Waals surface area contributed by atoms with Crippen molar-refractivity contribution in [3.05, 3.63) is 107 Å². The summed E-state index contributed by atoms with van der Waals surface area (Å²) >= 11 is 3.46. The topological polar surface area (TPSA) is 81.5 Å². The van der Waals surface area contributed by atoms with E-state index in [0.717, 1.165) is 37.6 Å². The molecule has 1 N–H and O–H groups in total. The standard InChI is InChI=1S/C31H25BrN2O4/c32-26-13-8-21(9-14-26)20-38-29-19-28(22-5-2-1-3-6-22)33-31(34-29)25-11-10-24-18-27(15-12-23(24)17-25)37-16-4-7-30(35)36/h1-3,5-6,8-15,17-19H,4,7,16,20H2,(H,35,36). The van der Waals surface area contributed by atoms with Crippen LogP contribution >= 0.6 is 15.9 Å². The molecule has 5 aromatic rings. The Morgan fingerprint density at radius 1 is 0.789 bits per heavy atom. The van der Waals surface area contributed by atoms with Crippen molar-refractivity contribution in [3.8, 4) is 34.3 Å². The number of carbonyl (C=O) groups is 1. The summed E-state index contributed by atoms with van der Waals surface area (Å²) < 4.78 is 12.8. The predicted octanol–water partition coefficient (Wildman–Crippen LogP) is 7.55. The second kappa shape index (κ2) is 11.9. The summed E-state index contributed by atoms with van der Waals surface area (Å²) in [6, 6.07) is 31.7. The Labute approximate surface area is 229 Å². The zero-order chi connectivity index (χ0) is 26.3. The molecule has 6 nitrogen and oxygen atoms in total. The van der Waals surface area contributed by atoms with E-state index < -0.39 is 5.97 Å². The maximum absolute atomic E-state index is 10.7. The number of hydrogen-bond acceptors (Lipinski definition) is 5. The molecule has 0 aliphatic rings. The van der Waals surface area contributed by atoms with E-state index in [9.17, 15) is 4.79 Å². The van der Waals surface area contributed by atoms with Gasteiger partial charge in [0, 0.05) is 28.1 Å². The predicted molar refractivity (Wildman–Crippen MR) is 151 cm³/mol. The van der Waals surface area contributed by atoms with E-state index in [1.54, 1.807) is 0 Å². The summed E-state index contributed by atoms with van der Waals surface area (Å²) in [6.07, 6.45) is 0.557. The molecule has 190 valence electrons. The third-order valence-electron chi connectivity index (χ3n) is 5.95. The largest absolute Gasteiger partial charge is 0.494 e. The summed E-state index contributed by atoms with van der Waals surface area (Å²) in [5.41, 5.74) is 3.68. The fourth-order valence-corrected chi connectivity index (χ4v) is 4.25. The Balaban J connectivity index is 1.42. The van der Waals surface area contributed by atoms with Gasteiger partial charge in [0.05, 0.1) is 12.3 Å². The lowest BCUT2D eigenvalue weighted by molar-refractivity contribution is -0.137. The average molecular weight is 569 g/mol. The number of carboxylic acids is 1. The molecule has 0 aliphatic carbocycles. The van der Waals surface area contributed by atoms with Gasteiger partial charge in [-0.05, 0) is 53.1 Å². The van der Waals surface area contributed by atoms with Crippen LogP contribution in [-0.2, 0) is 11.4 Å². The van der Waals surface area contributed by atoms with Crippen molar-refractivity contribution in [2.75, 3.05) is 6.61 Å². The molecule has 0 aliphatic heterocycles. The van der Waals surface area contributed by atoms with E-state index in [2.05, 4.69) is 15.9 Å². The lowest BCUT2D eigenvalue weighted by Gasteiger charge is -2.11. The summed E-state index contributed by atoms with van der Waals surface area (Å²) in [7, 11) is 0. The first-order chi connectivity index (χ1) is 18.5. The smallest absolute Gasteiger partial charge is 0.303 e. The number of halogens is 1. The highest BCUT2D eigenvalue weighted by molar-refractivity contribution is 9.10. The van der Waals surface area contributed by atoms with Crippen LogP contribution in [0.2, 0.25) is 0 Å². The van der Waals surface area contributed by atoms with E-state index >= 15 is 0 Å². The Bertz CT molecular complexity index is 1560. The van der Waals surface area contributed by atoms with Crippen molar-refractivity contribution in [2.24, 2.45) is 0 Å². The molecule has 38 heavy (non-hydrogen) atoms. The molecule has 0 fully saturated rings. The molecule has 4 aromatic carbocycles. The van der Waals surface area contributed by atoms with Crippen LogP contribution in [0.3, 0.4) is 0 Å². The van der Waals surface area contributed by atoms with E-state index in [1.807, 2.05) is 97.1 Å². The van der Waals surface area contributed by atoms with Gasteiger partial charge in [-0.25, -0.2) is 4.98 Å². The van der Waals surface area contributed by atoms with Crippen molar-refractivity contribution in [1.29, 1.82) is 0 Å². The number of nitrogens with zero attached hydrogens (tertiary/aromatic N) is 2. The highest BCUT2D eigenvalue weighted by Gasteiger charge is 2.11. The minimum Gasteiger partial charge on any atom is -0.494 e. The van der Waals surface area contributed by atoms with Gasteiger partial charge in [-0.15, -0.1) is 0 Å². The first-order valence-corrected chi connectivity index (χ1v) is 13.0. The third kappa shape index (κ3) is 6.55. The summed E-state index contributed by atoms with van der Waals surface area (Å²) in [5, 5.41) is 10.8. The third-order valence-corrected chi connectivity index (χ3v) is 6.47. The minimum absolute atomic E-state index is 0.0911. The lowest BCUT2D eigenvalue weighted by atomic mass is 10.1. The Morgan fingerprint density at radius 3 is 2.34 bits per heavy atom. The lowest BCUT2D eigenvalue weighted by Crippen LogP contribution is -2.02. The molecular formula is C31H25BrN2O4. The Kier molecular flexibility index (Phi) is 7.95. The molecule has 1 heterocycles. The van der Waals surface area contributed by atoms with Crippen molar-refractivity contribution in [3.63, 3.8) is 0 Å².